The maximum atomic E-state index is 12.1. The number of carbonyl (C=O) groups excluding carboxylic acids is 2. The van der Waals surface area contributed by atoms with Crippen LogP contribution in [0, 0.1) is 22.7 Å². The fourth-order valence-electron chi connectivity index (χ4n) is 6.49. The van der Waals surface area contributed by atoms with Crippen LogP contribution in [0.3, 0.4) is 0 Å². The summed E-state index contributed by atoms with van der Waals surface area (Å²) in [6.45, 7) is 23.8. The van der Waals surface area contributed by atoms with Crippen molar-refractivity contribution in [2.24, 2.45) is 22.7 Å². The third kappa shape index (κ3) is 32.8. The van der Waals surface area contributed by atoms with Gasteiger partial charge in [-0.3, -0.25) is 9.59 Å². The minimum Gasteiger partial charge on any atom is -0.466 e. The molecule has 0 N–H and O–H groups in total. The Balaban J connectivity index is 3.86. The maximum Gasteiger partial charge on any atom is 0.305 e. The van der Waals surface area contributed by atoms with Crippen molar-refractivity contribution in [3.05, 3.63) is 0 Å². The van der Waals surface area contributed by atoms with Crippen molar-refractivity contribution < 1.29 is 19.1 Å². The second-order valence-electron chi connectivity index (χ2n) is 17.1. The molecule has 0 aromatic heterocycles. The van der Waals surface area contributed by atoms with Gasteiger partial charge in [0, 0.05) is 25.9 Å². The molecule has 6 nitrogen and oxygen atoms in total. The highest BCUT2D eigenvalue weighted by atomic mass is 16.5. The second-order valence-corrected chi connectivity index (χ2v) is 17.1. The summed E-state index contributed by atoms with van der Waals surface area (Å²) in [5.74, 6) is 1.14. The molecule has 0 aliphatic carbocycles. The van der Waals surface area contributed by atoms with E-state index >= 15 is 0 Å². The minimum atomic E-state index is -0.0231. The fraction of sp³-hybridized carbons (Fsp3) is 0.950. The average molecular weight is 653 g/mol. The lowest BCUT2D eigenvalue weighted by atomic mass is 9.84. The highest BCUT2D eigenvalue weighted by molar-refractivity contribution is 5.69. The lowest BCUT2D eigenvalue weighted by molar-refractivity contribution is -0.145. The monoisotopic (exact) mass is 653 g/mol. The minimum absolute atomic E-state index is 0.0203. The summed E-state index contributed by atoms with van der Waals surface area (Å²) in [6, 6.07) is 0. The molecular formula is C40H80N2O4. The Morgan fingerprint density at radius 2 is 0.870 bits per heavy atom. The first-order valence-electron chi connectivity index (χ1n) is 19.3. The van der Waals surface area contributed by atoms with Crippen molar-refractivity contribution in [2.45, 2.75) is 171 Å². The molecule has 0 aliphatic rings. The Morgan fingerprint density at radius 3 is 1.22 bits per heavy atom. The zero-order chi connectivity index (χ0) is 34.8. The molecule has 0 aromatic carbocycles. The molecule has 46 heavy (non-hydrogen) atoms. The highest BCUT2D eigenvalue weighted by Gasteiger charge is 2.17. The molecule has 274 valence electrons. The predicted octanol–water partition coefficient (Wildman–Crippen LogP) is 10.3. The highest BCUT2D eigenvalue weighted by Crippen LogP contribution is 2.26. The van der Waals surface area contributed by atoms with Gasteiger partial charge in [0.25, 0.3) is 0 Å². The SMILES string of the molecule is CC(CCOC(=O)CCCCCCCCCN(CCCCCCCC(=O)OCCC(C)CC(C)(C)C)CCN(C)C)CC(C)(C)C. The van der Waals surface area contributed by atoms with Gasteiger partial charge in [-0.15, -0.1) is 0 Å². The number of hydrogen-bond donors (Lipinski definition) is 0. The van der Waals surface area contributed by atoms with Crippen molar-refractivity contribution in [3.63, 3.8) is 0 Å². The summed E-state index contributed by atoms with van der Waals surface area (Å²) in [5.41, 5.74) is 0.666. The molecule has 0 fully saturated rings. The zero-order valence-electron chi connectivity index (χ0n) is 32.7. The van der Waals surface area contributed by atoms with Crippen LogP contribution in [-0.4, -0.2) is 75.2 Å². The zero-order valence-corrected chi connectivity index (χ0v) is 32.7. The van der Waals surface area contributed by atoms with Gasteiger partial charge in [-0.25, -0.2) is 0 Å². The molecule has 0 heterocycles. The molecule has 0 saturated heterocycles. The number of nitrogens with zero attached hydrogens (tertiary/aromatic N) is 2. The van der Waals surface area contributed by atoms with Crippen LogP contribution in [-0.2, 0) is 19.1 Å². The summed E-state index contributed by atoms with van der Waals surface area (Å²) in [7, 11) is 4.31. The van der Waals surface area contributed by atoms with Crippen LogP contribution in [0.1, 0.15) is 171 Å². The fourth-order valence-corrected chi connectivity index (χ4v) is 6.49. The predicted molar refractivity (Wildman–Crippen MR) is 197 cm³/mol. The van der Waals surface area contributed by atoms with Gasteiger partial charge >= 0.3 is 11.9 Å². The van der Waals surface area contributed by atoms with Gasteiger partial charge in [-0.2, -0.15) is 0 Å². The molecule has 6 heteroatoms. The lowest BCUT2D eigenvalue weighted by Gasteiger charge is -2.24. The number of likely N-dealkylation sites (N-methyl/N-ethyl adjacent to an activating group) is 1. The third-order valence-corrected chi connectivity index (χ3v) is 8.74. The van der Waals surface area contributed by atoms with E-state index in [4.69, 9.17) is 9.47 Å². The Bertz CT molecular complexity index is 741. The molecule has 0 saturated carbocycles. The van der Waals surface area contributed by atoms with Gasteiger partial charge in [0.15, 0.2) is 0 Å². The number of carbonyl (C=O) groups is 2. The quantitative estimate of drug-likeness (QED) is 0.0592. The van der Waals surface area contributed by atoms with E-state index in [-0.39, 0.29) is 11.9 Å². The van der Waals surface area contributed by atoms with Gasteiger partial charge in [-0.05, 0) is 101 Å². The average Bonchev–Trinajstić information content (AvgIpc) is 2.91. The Hall–Kier alpha value is -1.14. The van der Waals surface area contributed by atoms with Crippen molar-refractivity contribution in [1.82, 2.24) is 9.80 Å². The van der Waals surface area contributed by atoms with Crippen molar-refractivity contribution in [2.75, 3.05) is 53.5 Å². The summed E-state index contributed by atoms with van der Waals surface area (Å²) in [5, 5.41) is 0. The molecule has 0 rings (SSSR count). The summed E-state index contributed by atoms with van der Waals surface area (Å²) in [6.07, 6.45) is 19.5. The molecule has 0 aliphatic heterocycles. The Kier molecular flexibility index (Phi) is 26.1. The number of ether oxygens (including phenoxy) is 2. The van der Waals surface area contributed by atoms with Gasteiger partial charge in [-0.1, -0.05) is 107 Å². The van der Waals surface area contributed by atoms with Crippen LogP contribution in [0.15, 0.2) is 0 Å². The molecule has 0 bridgehead atoms. The third-order valence-electron chi connectivity index (χ3n) is 8.74. The number of esters is 2. The van der Waals surface area contributed by atoms with E-state index in [1.165, 1.54) is 70.9 Å². The molecule has 2 atom stereocenters. The smallest absolute Gasteiger partial charge is 0.305 e. The van der Waals surface area contributed by atoms with E-state index in [1.54, 1.807) is 0 Å². The van der Waals surface area contributed by atoms with Crippen molar-refractivity contribution in [1.29, 1.82) is 0 Å². The summed E-state index contributed by atoms with van der Waals surface area (Å²) >= 11 is 0. The van der Waals surface area contributed by atoms with Gasteiger partial charge in [0.2, 0.25) is 0 Å². The van der Waals surface area contributed by atoms with Crippen molar-refractivity contribution >= 4 is 11.9 Å². The molecule has 0 amide bonds. The van der Waals surface area contributed by atoms with E-state index in [0.717, 1.165) is 58.0 Å². The van der Waals surface area contributed by atoms with Gasteiger partial charge in [0.05, 0.1) is 13.2 Å². The summed E-state index contributed by atoms with van der Waals surface area (Å²) < 4.78 is 11.0. The van der Waals surface area contributed by atoms with Crippen molar-refractivity contribution in [3.8, 4) is 0 Å². The maximum absolute atomic E-state index is 12.1. The second kappa shape index (κ2) is 26.8. The molecule has 0 radical (unpaired) electrons. The van der Waals surface area contributed by atoms with E-state index in [2.05, 4.69) is 79.3 Å². The van der Waals surface area contributed by atoms with E-state index in [0.29, 0.717) is 48.7 Å². The van der Waals surface area contributed by atoms with Crippen LogP contribution >= 0.6 is 0 Å². The van der Waals surface area contributed by atoms with E-state index < -0.39 is 0 Å². The van der Waals surface area contributed by atoms with Gasteiger partial charge in [0.1, 0.15) is 0 Å². The summed E-state index contributed by atoms with van der Waals surface area (Å²) in [4.78, 5) is 29.0. The molecule has 0 spiro atoms. The van der Waals surface area contributed by atoms with Crippen LogP contribution < -0.4 is 0 Å². The topological polar surface area (TPSA) is 59.1 Å². The number of rotatable bonds is 29. The largest absolute Gasteiger partial charge is 0.466 e. The first kappa shape index (κ1) is 44.9. The first-order chi connectivity index (χ1) is 21.6. The molecular weight excluding hydrogens is 572 g/mol. The van der Waals surface area contributed by atoms with Crippen LogP contribution in [0.5, 0.6) is 0 Å². The Labute approximate surface area is 287 Å². The molecule has 0 aromatic rings. The van der Waals surface area contributed by atoms with Crippen LogP contribution in [0.2, 0.25) is 0 Å². The van der Waals surface area contributed by atoms with Crippen LogP contribution in [0.4, 0.5) is 0 Å². The Morgan fingerprint density at radius 1 is 0.522 bits per heavy atom. The normalized spacial score (nSPS) is 13.7. The van der Waals surface area contributed by atoms with E-state index in [1.807, 2.05) is 0 Å². The number of hydrogen-bond acceptors (Lipinski definition) is 6. The lowest BCUT2D eigenvalue weighted by Crippen LogP contribution is -2.33. The van der Waals surface area contributed by atoms with E-state index in [9.17, 15) is 9.59 Å². The molecule has 2 unspecified atom stereocenters. The van der Waals surface area contributed by atoms with Gasteiger partial charge < -0.3 is 19.3 Å². The first-order valence-corrected chi connectivity index (χ1v) is 19.3. The van der Waals surface area contributed by atoms with Crippen LogP contribution in [0.25, 0.3) is 0 Å². The number of unbranched alkanes of at least 4 members (excludes halogenated alkanes) is 10. The standard InChI is InChI=1S/C40H80N2O4/c1-35(33-39(3,4)5)25-31-45-37(43)23-19-15-12-11-13-17-21-27-42(30-29-41(9)10)28-22-18-14-16-20-24-38(44)46-32-26-36(2)34-40(6,7)8/h35-36H,11-34H2,1-10H3.